The summed E-state index contributed by atoms with van der Waals surface area (Å²) in [6.07, 6.45) is 0.183. The Balaban J connectivity index is 1.54. The minimum Gasteiger partial charge on any atom is -0.408 e. The lowest BCUT2D eigenvalue weighted by atomic mass is 10.1. The van der Waals surface area contributed by atoms with Crippen molar-refractivity contribution < 1.29 is 9.21 Å². The molecule has 0 saturated heterocycles. The van der Waals surface area contributed by atoms with Crippen molar-refractivity contribution in [1.29, 1.82) is 0 Å². The van der Waals surface area contributed by atoms with E-state index in [4.69, 9.17) is 16.0 Å². The molecule has 2 aromatic heterocycles. The number of hydrogen-bond donors (Lipinski definition) is 1. The number of oxazole rings is 1. The van der Waals surface area contributed by atoms with Crippen LogP contribution in [0.2, 0.25) is 5.02 Å². The number of benzene rings is 2. The highest BCUT2D eigenvalue weighted by atomic mass is 35.5. The van der Waals surface area contributed by atoms with E-state index in [1.807, 2.05) is 61.8 Å². The number of carbonyl (C=O) groups is 1. The predicted molar refractivity (Wildman–Crippen MR) is 129 cm³/mol. The van der Waals surface area contributed by atoms with E-state index in [9.17, 15) is 9.59 Å². The maximum atomic E-state index is 12.9. The molecule has 172 valence electrons. The standard InChI is InChI=1S/C24H26ClN5O3/c1-15-20(16(2)30(27-15)19-8-5-17(25)6-9-19)14-23(31)26-18-7-10-22-21(13-18)29(24(32)33-22)12-11-28(3)4/h5-10,13H,11-12,14H2,1-4H3,(H,26,31). The summed E-state index contributed by atoms with van der Waals surface area (Å²) in [6, 6.07) is 12.6. The number of rotatable bonds is 7. The van der Waals surface area contributed by atoms with Crippen LogP contribution in [-0.2, 0) is 17.8 Å². The van der Waals surface area contributed by atoms with E-state index in [-0.39, 0.29) is 12.3 Å². The number of amides is 1. The van der Waals surface area contributed by atoms with Crippen LogP contribution in [0.25, 0.3) is 16.8 Å². The third-order valence-corrected chi connectivity index (χ3v) is 5.82. The lowest BCUT2D eigenvalue weighted by Crippen LogP contribution is -2.23. The van der Waals surface area contributed by atoms with E-state index in [1.165, 1.54) is 0 Å². The first kappa shape index (κ1) is 22.8. The van der Waals surface area contributed by atoms with Crippen molar-refractivity contribution >= 4 is 34.3 Å². The number of likely N-dealkylation sites (N-methyl/N-ethyl adjacent to an activating group) is 1. The van der Waals surface area contributed by atoms with Gasteiger partial charge in [0.1, 0.15) is 0 Å². The fourth-order valence-corrected chi connectivity index (χ4v) is 3.91. The number of halogens is 1. The Bertz CT molecular complexity index is 1370. The summed E-state index contributed by atoms with van der Waals surface area (Å²) < 4.78 is 8.72. The van der Waals surface area contributed by atoms with Gasteiger partial charge >= 0.3 is 5.76 Å². The number of carbonyl (C=O) groups excluding carboxylic acids is 1. The monoisotopic (exact) mass is 467 g/mol. The second-order valence-corrected chi connectivity index (χ2v) is 8.70. The zero-order chi connectivity index (χ0) is 23.7. The SMILES string of the molecule is Cc1nn(-c2ccc(Cl)cc2)c(C)c1CC(=O)Nc1ccc2oc(=O)n(CCN(C)C)c2c1. The van der Waals surface area contributed by atoms with Gasteiger partial charge in [0.05, 0.1) is 23.3 Å². The summed E-state index contributed by atoms with van der Waals surface area (Å²) >= 11 is 5.99. The van der Waals surface area contributed by atoms with Gasteiger partial charge in [-0.2, -0.15) is 5.10 Å². The normalized spacial score (nSPS) is 11.5. The van der Waals surface area contributed by atoms with Gasteiger partial charge < -0.3 is 14.6 Å². The molecule has 1 N–H and O–H groups in total. The van der Waals surface area contributed by atoms with Crippen LogP contribution >= 0.6 is 11.6 Å². The molecule has 8 nitrogen and oxygen atoms in total. The summed E-state index contributed by atoms with van der Waals surface area (Å²) in [4.78, 5) is 27.1. The van der Waals surface area contributed by atoms with Crippen LogP contribution in [0.15, 0.2) is 51.7 Å². The van der Waals surface area contributed by atoms with Gasteiger partial charge in [-0.1, -0.05) is 11.6 Å². The molecule has 0 radical (unpaired) electrons. The Morgan fingerprint density at radius 2 is 1.88 bits per heavy atom. The third kappa shape index (κ3) is 4.86. The molecule has 0 fully saturated rings. The highest BCUT2D eigenvalue weighted by molar-refractivity contribution is 6.30. The van der Waals surface area contributed by atoms with Crippen LogP contribution in [0.1, 0.15) is 17.0 Å². The molecule has 4 aromatic rings. The minimum atomic E-state index is -0.406. The largest absolute Gasteiger partial charge is 0.419 e. The Kier molecular flexibility index (Phi) is 6.40. The van der Waals surface area contributed by atoms with E-state index in [0.717, 1.165) is 22.6 Å². The summed E-state index contributed by atoms with van der Waals surface area (Å²) in [5, 5.41) is 8.19. The van der Waals surface area contributed by atoms with Crippen molar-refractivity contribution in [2.24, 2.45) is 0 Å². The van der Waals surface area contributed by atoms with Gasteiger partial charge in [0.15, 0.2) is 5.58 Å². The summed E-state index contributed by atoms with van der Waals surface area (Å²) in [5.74, 6) is -0.571. The van der Waals surface area contributed by atoms with Crippen molar-refractivity contribution in [3.8, 4) is 5.69 Å². The van der Waals surface area contributed by atoms with Crippen LogP contribution in [0.3, 0.4) is 0 Å². The maximum Gasteiger partial charge on any atom is 0.419 e. The van der Waals surface area contributed by atoms with Crippen LogP contribution in [0, 0.1) is 13.8 Å². The van der Waals surface area contributed by atoms with Gasteiger partial charge in [0.25, 0.3) is 0 Å². The molecule has 0 aliphatic heterocycles. The number of nitrogens with one attached hydrogen (secondary N) is 1. The summed E-state index contributed by atoms with van der Waals surface area (Å²) in [7, 11) is 3.88. The molecule has 0 unspecified atom stereocenters. The smallest absolute Gasteiger partial charge is 0.408 e. The molecule has 2 aromatic carbocycles. The van der Waals surface area contributed by atoms with Crippen molar-refractivity contribution in [2.75, 3.05) is 26.0 Å². The highest BCUT2D eigenvalue weighted by Gasteiger charge is 2.17. The number of aromatic nitrogens is 3. The number of nitrogens with zero attached hydrogens (tertiary/aromatic N) is 4. The van der Waals surface area contributed by atoms with Crippen LogP contribution in [-0.4, -0.2) is 45.8 Å². The van der Waals surface area contributed by atoms with E-state index >= 15 is 0 Å². The van der Waals surface area contributed by atoms with Gasteiger partial charge in [0.2, 0.25) is 5.91 Å². The fourth-order valence-electron chi connectivity index (χ4n) is 3.78. The summed E-state index contributed by atoms with van der Waals surface area (Å²) in [6.45, 7) is 5.03. The van der Waals surface area contributed by atoms with Crippen molar-refractivity contribution in [3.05, 3.63) is 75.0 Å². The van der Waals surface area contributed by atoms with E-state index in [1.54, 1.807) is 22.8 Å². The van der Waals surface area contributed by atoms with E-state index in [0.29, 0.717) is 34.9 Å². The first-order valence-electron chi connectivity index (χ1n) is 10.6. The number of aryl methyl sites for hydroxylation is 1. The number of anilines is 1. The van der Waals surface area contributed by atoms with Gasteiger partial charge in [-0.25, -0.2) is 9.48 Å². The minimum absolute atomic E-state index is 0.165. The average Bonchev–Trinajstić information content (AvgIpc) is 3.22. The first-order chi connectivity index (χ1) is 15.7. The van der Waals surface area contributed by atoms with Crippen molar-refractivity contribution in [3.63, 3.8) is 0 Å². The van der Waals surface area contributed by atoms with Crippen LogP contribution < -0.4 is 11.1 Å². The lowest BCUT2D eigenvalue weighted by molar-refractivity contribution is -0.115. The molecule has 0 bridgehead atoms. The molecule has 0 spiro atoms. The Morgan fingerprint density at radius 1 is 1.15 bits per heavy atom. The van der Waals surface area contributed by atoms with E-state index < -0.39 is 5.76 Å². The predicted octanol–water partition coefficient (Wildman–Crippen LogP) is 3.79. The quantitative estimate of drug-likeness (QED) is 0.447. The fraction of sp³-hybridized carbons (Fsp3) is 0.292. The second-order valence-electron chi connectivity index (χ2n) is 8.27. The van der Waals surface area contributed by atoms with Gasteiger partial charge in [-0.15, -0.1) is 0 Å². The highest BCUT2D eigenvalue weighted by Crippen LogP contribution is 2.22. The Labute approximate surface area is 196 Å². The van der Waals surface area contributed by atoms with E-state index in [2.05, 4.69) is 10.4 Å². The third-order valence-electron chi connectivity index (χ3n) is 5.57. The first-order valence-corrected chi connectivity index (χ1v) is 11.0. The van der Waals surface area contributed by atoms with Crippen molar-refractivity contribution in [1.82, 2.24) is 19.2 Å². The molecule has 9 heteroatoms. The Hall–Kier alpha value is -3.36. The molecule has 0 aliphatic carbocycles. The van der Waals surface area contributed by atoms with Gasteiger partial charge in [0, 0.05) is 35.1 Å². The molecule has 2 heterocycles. The van der Waals surface area contributed by atoms with Crippen molar-refractivity contribution in [2.45, 2.75) is 26.8 Å². The molecule has 0 saturated carbocycles. The molecule has 1 amide bonds. The number of fused-ring (bicyclic) bond motifs is 1. The van der Waals surface area contributed by atoms with Gasteiger partial charge in [-0.3, -0.25) is 9.36 Å². The lowest BCUT2D eigenvalue weighted by Gasteiger charge is -2.10. The van der Waals surface area contributed by atoms with Crippen LogP contribution in [0.5, 0.6) is 0 Å². The number of hydrogen-bond acceptors (Lipinski definition) is 5. The Morgan fingerprint density at radius 3 is 2.58 bits per heavy atom. The van der Waals surface area contributed by atoms with Gasteiger partial charge in [-0.05, 0) is 70.4 Å². The molecule has 33 heavy (non-hydrogen) atoms. The average molecular weight is 468 g/mol. The topological polar surface area (TPSA) is 85.3 Å². The zero-order valence-electron chi connectivity index (χ0n) is 19.1. The second kappa shape index (κ2) is 9.25. The zero-order valence-corrected chi connectivity index (χ0v) is 19.8. The molecular weight excluding hydrogens is 442 g/mol. The molecule has 0 aliphatic rings. The molecule has 4 rings (SSSR count). The summed E-state index contributed by atoms with van der Waals surface area (Å²) in [5.41, 5.74) is 5.19. The van der Waals surface area contributed by atoms with Crippen LogP contribution in [0.4, 0.5) is 5.69 Å². The molecule has 0 atom stereocenters. The maximum absolute atomic E-state index is 12.9. The molecular formula is C24H26ClN5O3.